The highest BCUT2D eigenvalue weighted by Gasteiger charge is 2.39. The zero-order valence-corrected chi connectivity index (χ0v) is 16.5. The van der Waals surface area contributed by atoms with Crippen molar-refractivity contribution in [1.29, 1.82) is 0 Å². The number of benzene rings is 1. The van der Waals surface area contributed by atoms with Crippen molar-refractivity contribution in [2.24, 2.45) is 4.99 Å². The van der Waals surface area contributed by atoms with Gasteiger partial charge in [0.2, 0.25) is 0 Å². The van der Waals surface area contributed by atoms with Crippen molar-refractivity contribution < 1.29 is 9.47 Å². The molecule has 3 fully saturated rings. The molecule has 0 aromatic heterocycles. The highest BCUT2D eigenvalue weighted by atomic mass is 16.5. The third-order valence-corrected chi connectivity index (χ3v) is 6.34. The molecular weight excluding hydrogens is 338 g/mol. The van der Waals surface area contributed by atoms with Crippen LogP contribution in [-0.2, 0) is 14.9 Å². The van der Waals surface area contributed by atoms with Crippen molar-refractivity contribution in [3.05, 3.63) is 35.9 Å². The van der Waals surface area contributed by atoms with E-state index in [2.05, 4.69) is 47.5 Å². The van der Waals surface area contributed by atoms with E-state index in [1.165, 1.54) is 24.8 Å². The van der Waals surface area contributed by atoms with E-state index in [0.29, 0.717) is 0 Å². The van der Waals surface area contributed by atoms with Gasteiger partial charge in [-0.25, -0.2) is 0 Å². The lowest BCUT2D eigenvalue weighted by atomic mass is 9.64. The summed E-state index contributed by atoms with van der Waals surface area (Å²) in [5.41, 5.74) is 1.66. The number of hydrogen-bond acceptors (Lipinski definition) is 3. The van der Waals surface area contributed by atoms with E-state index in [1.807, 2.05) is 0 Å². The van der Waals surface area contributed by atoms with Crippen LogP contribution in [0.5, 0.6) is 0 Å². The lowest BCUT2D eigenvalue weighted by molar-refractivity contribution is -0.0817. The maximum Gasteiger partial charge on any atom is 0.194 e. The molecule has 1 aromatic carbocycles. The molecule has 3 aliphatic rings. The summed E-state index contributed by atoms with van der Waals surface area (Å²) in [5.74, 6) is 1.03. The van der Waals surface area contributed by atoms with E-state index in [4.69, 9.17) is 14.5 Å². The first-order valence-electron chi connectivity index (χ1n) is 10.6. The van der Waals surface area contributed by atoms with Crippen LogP contribution < -0.4 is 5.32 Å². The van der Waals surface area contributed by atoms with Gasteiger partial charge in [0.05, 0.1) is 19.3 Å². The van der Waals surface area contributed by atoms with Gasteiger partial charge in [-0.15, -0.1) is 0 Å². The summed E-state index contributed by atoms with van der Waals surface area (Å²) in [5, 5.41) is 3.52. The summed E-state index contributed by atoms with van der Waals surface area (Å²) in [6.07, 6.45) is 6.46. The SMILES string of the molecule is CCNC(=NCC1(c2ccccc2)CCC1)N1CCOC(C2CCCO2)C1. The number of rotatable bonds is 5. The number of nitrogens with one attached hydrogen (secondary N) is 1. The third kappa shape index (κ3) is 4.14. The smallest absolute Gasteiger partial charge is 0.194 e. The average molecular weight is 372 g/mol. The standard InChI is InChI=1S/C22H33N3O2/c1-2-23-21(25-13-15-27-20(16-25)19-10-6-14-26-19)24-17-22(11-7-12-22)18-8-4-3-5-9-18/h3-5,8-9,19-20H,2,6-7,10-17H2,1H3,(H,23,24). The predicted molar refractivity (Wildman–Crippen MR) is 108 cm³/mol. The molecule has 2 aliphatic heterocycles. The van der Waals surface area contributed by atoms with Gasteiger partial charge in [0.25, 0.3) is 0 Å². The van der Waals surface area contributed by atoms with E-state index >= 15 is 0 Å². The molecule has 2 atom stereocenters. The third-order valence-electron chi connectivity index (χ3n) is 6.34. The number of hydrogen-bond donors (Lipinski definition) is 1. The predicted octanol–water partition coefficient (Wildman–Crippen LogP) is 2.95. The van der Waals surface area contributed by atoms with Crippen LogP contribution in [0.25, 0.3) is 0 Å². The Hall–Kier alpha value is -1.59. The van der Waals surface area contributed by atoms with Crippen LogP contribution in [0.3, 0.4) is 0 Å². The Morgan fingerprint density at radius 3 is 2.63 bits per heavy atom. The quantitative estimate of drug-likeness (QED) is 0.639. The van der Waals surface area contributed by atoms with Crippen molar-refractivity contribution in [3.63, 3.8) is 0 Å². The second-order valence-electron chi connectivity index (χ2n) is 8.08. The summed E-state index contributed by atoms with van der Waals surface area (Å²) in [6, 6.07) is 10.9. The van der Waals surface area contributed by atoms with Crippen molar-refractivity contribution in [3.8, 4) is 0 Å². The van der Waals surface area contributed by atoms with Crippen LogP contribution in [0.1, 0.15) is 44.6 Å². The number of aliphatic imine (C=N–C) groups is 1. The van der Waals surface area contributed by atoms with Crippen LogP contribution in [0.2, 0.25) is 0 Å². The zero-order chi connectivity index (χ0) is 18.5. The zero-order valence-electron chi connectivity index (χ0n) is 16.5. The average Bonchev–Trinajstić information content (AvgIpc) is 3.22. The maximum atomic E-state index is 6.02. The Bertz CT molecular complexity index is 624. The molecule has 1 aliphatic carbocycles. The summed E-state index contributed by atoms with van der Waals surface area (Å²) in [6.45, 7) is 7.28. The molecule has 0 bridgehead atoms. The Labute approximate surface area is 163 Å². The summed E-state index contributed by atoms with van der Waals surface area (Å²) in [7, 11) is 0. The molecule has 1 saturated carbocycles. The van der Waals surface area contributed by atoms with E-state index in [9.17, 15) is 0 Å². The molecule has 2 heterocycles. The lowest BCUT2D eigenvalue weighted by Crippen LogP contribution is -2.53. The van der Waals surface area contributed by atoms with Crippen molar-refractivity contribution in [2.45, 2.75) is 56.7 Å². The van der Waals surface area contributed by atoms with E-state index in [1.54, 1.807) is 0 Å². The Morgan fingerprint density at radius 1 is 1.15 bits per heavy atom. The Balaban J connectivity index is 1.46. The van der Waals surface area contributed by atoms with Gasteiger partial charge in [0.1, 0.15) is 6.10 Å². The molecule has 0 spiro atoms. The Kier molecular flexibility index (Phi) is 5.98. The van der Waals surface area contributed by atoms with Crippen molar-refractivity contribution >= 4 is 5.96 Å². The molecule has 1 N–H and O–H groups in total. The molecule has 2 unspecified atom stereocenters. The fourth-order valence-corrected chi connectivity index (χ4v) is 4.57. The molecular formula is C22H33N3O2. The second-order valence-corrected chi connectivity index (χ2v) is 8.08. The summed E-state index contributed by atoms with van der Waals surface area (Å²) >= 11 is 0. The summed E-state index contributed by atoms with van der Waals surface area (Å²) in [4.78, 5) is 7.48. The molecule has 148 valence electrons. The number of ether oxygens (including phenoxy) is 2. The van der Waals surface area contributed by atoms with Crippen LogP contribution >= 0.6 is 0 Å². The largest absolute Gasteiger partial charge is 0.375 e. The van der Waals surface area contributed by atoms with Gasteiger partial charge in [-0.3, -0.25) is 4.99 Å². The minimum absolute atomic E-state index is 0.164. The molecule has 2 saturated heterocycles. The van der Waals surface area contributed by atoms with Crippen LogP contribution in [0.15, 0.2) is 35.3 Å². The highest BCUT2D eigenvalue weighted by Crippen LogP contribution is 2.43. The van der Waals surface area contributed by atoms with Crippen molar-refractivity contribution in [1.82, 2.24) is 10.2 Å². The van der Waals surface area contributed by atoms with Gasteiger partial charge in [-0.05, 0) is 38.2 Å². The molecule has 5 nitrogen and oxygen atoms in total. The number of morpholine rings is 1. The minimum atomic E-state index is 0.164. The maximum absolute atomic E-state index is 6.02. The van der Waals surface area contributed by atoms with E-state index < -0.39 is 0 Å². The fourth-order valence-electron chi connectivity index (χ4n) is 4.57. The minimum Gasteiger partial charge on any atom is -0.375 e. The van der Waals surface area contributed by atoms with Gasteiger partial charge in [-0.2, -0.15) is 0 Å². The van der Waals surface area contributed by atoms with Crippen LogP contribution in [-0.4, -0.2) is 62.5 Å². The fraction of sp³-hybridized carbons (Fsp3) is 0.682. The topological polar surface area (TPSA) is 46.1 Å². The first kappa shape index (κ1) is 18.8. The van der Waals surface area contributed by atoms with Gasteiger partial charge in [0, 0.05) is 31.7 Å². The van der Waals surface area contributed by atoms with E-state index in [-0.39, 0.29) is 17.6 Å². The monoisotopic (exact) mass is 371 g/mol. The van der Waals surface area contributed by atoms with Crippen molar-refractivity contribution in [2.75, 3.05) is 39.4 Å². The highest BCUT2D eigenvalue weighted by molar-refractivity contribution is 5.80. The number of nitrogens with zero attached hydrogens (tertiary/aromatic N) is 2. The molecule has 5 heteroatoms. The van der Waals surface area contributed by atoms with Gasteiger partial charge in [0.15, 0.2) is 5.96 Å². The molecule has 0 amide bonds. The van der Waals surface area contributed by atoms with Crippen LogP contribution in [0, 0.1) is 0 Å². The first-order valence-corrected chi connectivity index (χ1v) is 10.6. The van der Waals surface area contributed by atoms with Gasteiger partial charge in [-0.1, -0.05) is 36.8 Å². The van der Waals surface area contributed by atoms with Gasteiger partial charge >= 0.3 is 0 Å². The molecule has 0 radical (unpaired) electrons. The second kappa shape index (κ2) is 8.61. The molecule has 1 aromatic rings. The Morgan fingerprint density at radius 2 is 1.96 bits per heavy atom. The van der Waals surface area contributed by atoms with Crippen LogP contribution in [0.4, 0.5) is 0 Å². The normalized spacial score (nSPS) is 28.0. The van der Waals surface area contributed by atoms with E-state index in [0.717, 1.165) is 58.2 Å². The first-order chi connectivity index (χ1) is 13.3. The molecule has 27 heavy (non-hydrogen) atoms. The lowest BCUT2D eigenvalue weighted by Gasteiger charge is -2.42. The summed E-state index contributed by atoms with van der Waals surface area (Å²) < 4.78 is 11.9. The van der Waals surface area contributed by atoms with Gasteiger partial charge < -0.3 is 19.7 Å². The molecule has 4 rings (SSSR count). The number of guanidine groups is 1.